The Hall–Kier alpha value is -2.55. The Morgan fingerprint density at radius 2 is 1.62 bits per heavy atom. The van der Waals surface area contributed by atoms with Gasteiger partial charge in [0.05, 0.1) is 0 Å². The summed E-state index contributed by atoms with van der Waals surface area (Å²) in [5, 5.41) is 22.4. The van der Waals surface area contributed by atoms with Gasteiger partial charge in [0.25, 0.3) is 12.3 Å². The fraction of sp³-hybridized carbons (Fsp3) is 0.417. The quantitative estimate of drug-likeness (QED) is 0.435. The minimum Gasteiger partial charge on any atom is -0.328 e. The summed E-state index contributed by atoms with van der Waals surface area (Å²) in [4.78, 5) is 34.3. The third-order valence-corrected chi connectivity index (χ3v) is 3.41. The van der Waals surface area contributed by atoms with E-state index in [-0.39, 0.29) is 19.6 Å². The molecule has 9 nitrogen and oxygen atoms in total. The van der Waals surface area contributed by atoms with Gasteiger partial charge in [0.2, 0.25) is 6.41 Å². The first kappa shape index (κ1) is 14.9. The van der Waals surface area contributed by atoms with Gasteiger partial charge in [0.1, 0.15) is 13.1 Å². The first-order valence-electron chi connectivity index (χ1n) is 6.29. The zero-order valence-corrected chi connectivity index (χ0v) is 11.1. The van der Waals surface area contributed by atoms with Crippen molar-refractivity contribution in [1.82, 2.24) is 9.80 Å². The average Bonchev–Trinajstić information content (AvgIpc) is 2.47. The smallest absolute Gasteiger partial charge is 0.291 e. The molecular weight excluding hydrogens is 280 g/mol. The summed E-state index contributed by atoms with van der Waals surface area (Å²) in [6.07, 6.45) is -2.17. The molecule has 2 atom stereocenters. The molecule has 0 aromatic heterocycles. The number of amides is 1. The normalized spacial score (nSPS) is 22.8. The zero-order chi connectivity index (χ0) is 15.4. The number of nitro groups is 2. The fourth-order valence-electron chi connectivity index (χ4n) is 2.37. The van der Waals surface area contributed by atoms with Crippen LogP contribution in [-0.2, 0) is 11.3 Å². The van der Waals surface area contributed by atoms with Crippen LogP contribution in [-0.4, -0.2) is 51.5 Å². The van der Waals surface area contributed by atoms with Crippen molar-refractivity contribution in [2.75, 3.05) is 13.1 Å². The van der Waals surface area contributed by atoms with Gasteiger partial charge in [0.15, 0.2) is 0 Å². The number of carbonyl (C=O) groups is 1. The van der Waals surface area contributed by atoms with Gasteiger partial charge in [-0.15, -0.1) is 0 Å². The van der Waals surface area contributed by atoms with Crippen LogP contribution in [0.2, 0.25) is 0 Å². The van der Waals surface area contributed by atoms with Crippen LogP contribution < -0.4 is 0 Å². The highest BCUT2D eigenvalue weighted by Crippen LogP contribution is 2.19. The molecule has 9 heteroatoms. The van der Waals surface area contributed by atoms with Crippen LogP contribution in [0.5, 0.6) is 0 Å². The maximum absolute atomic E-state index is 11.2. The van der Waals surface area contributed by atoms with E-state index in [1.807, 2.05) is 0 Å². The molecular formula is C12H14N4O5. The average molecular weight is 294 g/mol. The second-order valence-corrected chi connectivity index (χ2v) is 4.75. The molecule has 0 radical (unpaired) electrons. The molecule has 0 spiro atoms. The maximum Gasteiger partial charge on any atom is 0.291 e. The van der Waals surface area contributed by atoms with Crippen molar-refractivity contribution in [3.8, 4) is 0 Å². The molecule has 1 saturated heterocycles. The molecule has 2 rings (SSSR count). The van der Waals surface area contributed by atoms with E-state index in [9.17, 15) is 25.0 Å². The number of hydrogen-bond donors (Lipinski definition) is 0. The highest BCUT2D eigenvalue weighted by atomic mass is 16.6. The molecule has 2 unspecified atom stereocenters. The summed E-state index contributed by atoms with van der Waals surface area (Å²) in [5.41, 5.74) is 0.746. The minimum absolute atomic E-state index is 0.0881. The summed E-state index contributed by atoms with van der Waals surface area (Å²) in [5.74, 6) is 0. The van der Waals surface area contributed by atoms with Crippen molar-refractivity contribution in [3.63, 3.8) is 0 Å². The summed E-state index contributed by atoms with van der Waals surface area (Å²) < 4.78 is 0. The van der Waals surface area contributed by atoms with Crippen LogP contribution in [0.3, 0.4) is 0 Å². The van der Waals surface area contributed by atoms with Crippen LogP contribution in [0.4, 0.5) is 0 Å². The van der Waals surface area contributed by atoms with Crippen molar-refractivity contribution in [1.29, 1.82) is 0 Å². The molecule has 112 valence electrons. The van der Waals surface area contributed by atoms with E-state index in [0.29, 0.717) is 6.41 Å². The predicted molar refractivity (Wildman–Crippen MR) is 71.2 cm³/mol. The molecule has 1 amide bonds. The third-order valence-electron chi connectivity index (χ3n) is 3.41. The monoisotopic (exact) mass is 294 g/mol. The number of benzene rings is 1. The number of hydrogen-bond acceptors (Lipinski definition) is 6. The van der Waals surface area contributed by atoms with Crippen molar-refractivity contribution in [2.45, 2.75) is 18.9 Å². The van der Waals surface area contributed by atoms with E-state index < -0.39 is 22.2 Å². The van der Waals surface area contributed by atoms with Crippen LogP contribution in [0.1, 0.15) is 5.56 Å². The molecule has 21 heavy (non-hydrogen) atoms. The molecule has 1 aliphatic rings. The van der Waals surface area contributed by atoms with E-state index in [2.05, 4.69) is 0 Å². The minimum atomic E-state index is -1.29. The first-order valence-corrected chi connectivity index (χ1v) is 6.29. The lowest BCUT2D eigenvalue weighted by Gasteiger charge is -2.36. The van der Waals surface area contributed by atoms with Gasteiger partial charge >= 0.3 is 0 Å². The largest absolute Gasteiger partial charge is 0.328 e. The van der Waals surface area contributed by atoms with Gasteiger partial charge in [-0.2, -0.15) is 4.90 Å². The Morgan fingerprint density at radius 3 is 2.05 bits per heavy atom. The Labute approximate surface area is 120 Å². The third kappa shape index (κ3) is 3.31. The van der Waals surface area contributed by atoms with Crippen molar-refractivity contribution in [3.05, 3.63) is 56.1 Å². The van der Waals surface area contributed by atoms with Crippen LogP contribution >= 0.6 is 0 Å². The highest BCUT2D eigenvalue weighted by Gasteiger charge is 2.47. The second kappa shape index (κ2) is 6.27. The Morgan fingerprint density at radius 1 is 1.10 bits per heavy atom. The lowest BCUT2D eigenvalue weighted by atomic mass is 10.1. The number of carbonyl (C=O) groups excluding carboxylic acids is 1. The molecule has 0 N–H and O–H groups in total. The molecule has 1 aromatic rings. The van der Waals surface area contributed by atoms with Gasteiger partial charge in [0, 0.05) is 16.4 Å². The SMILES string of the molecule is O=CN1CC([N+](=O)[O-])N(Cc2ccccc2)C([N+](=O)[O-])C1. The summed E-state index contributed by atoms with van der Waals surface area (Å²) in [6.45, 7) is -0.230. The summed E-state index contributed by atoms with van der Waals surface area (Å²) >= 11 is 0. The second-order valence-electron chi connectivity index (χ2n) is 4.75. The predicted octanol–water partition coefficient (Wildman–Crippen LogP) is 0.166. The Balaban J connectivity index is 2.28. The number of nitrogens with zero attached hydrogens (tertiary/aromatic N) is 4. The van der Waals surface area contributed by atoms with Gasteiger partial charge in [-0.25, -0.2) is 0 Å². The van der Waals surface area contributed by atoms with E-state index >= 15 is 0 Å². The van der Waals surface area contributed by atoms with Crippen LogP contribution in [0.15, 0.2) is 30.3 Å². The van der Waals surface area contributed by atoms with Gasteiger partial charge in [-0.1, -0.05) is 30.3 Å². The lowest BCUT2D eigenvalue weighted by Crippen LogP contribution is -2.62. The van der Waals surface area contributed by atoms with Crippen molar-refractivity contribution < 1.29 is 14.6 Å². The van der Waals surface area contributed by atoms with Crippen LogP contribution in [0, 0.1) is 20.2 Å². The number of rotatable bonds is 5. The summed E-state index contributed by atoms with van der Waals surface area (Å²) in [7, 11) is 0. The van der Waals surface area contributed by atoms with Gasteiger partial charge < -0.3 is 4.90 Å². The van der Waals surface area contributed by atoms with Crippen LogP contribution in [0.25, 0.3) is 0 Å². The zero-order valence-electron chi connectivity index (χ0n) is 11.1. The number of piperazine rings is 1. The molecule has 1 fully saturated rings. The molecule has 0 aliphatic carbocycles. The molecule has 1 aromatic carbocycles. The summed E-state index contributed by atoms with van der Waals surface area (Å²) in [6, 6.07) is 8.82. The van der Waals surface area contributed by atoms with Gasteiger partial charge in [-0.3, -0.25) is 25.0 Å². The van der Waals surface area contributed by atoms with Crippen molar-refractivity contribution >= 4 is 6.41 Å². The van der Waals surface area contributed by atoms with Crippen molar-refractivity contribution in [2.24, 2.45) is 0 Å². The Kier molecular flexibility index (Phi) is 4.43. The van der Waals surface area contributed by atoms with E-state index in [1.54, 1.807) is 30.3 Å². The van der Waals surface area contributed by atoms with E-state index in [4.69, 9.17) is 0 Å². The molecule has 0 saturated carbocycles. The topological polar surface area (TPSA) is 110 Å². The fourth-order valence-corrected chi connectivity index (χ4v) is 2.37. The molecule has 1 heterocycles. The standard InChI is InChI=1S/C12H14N4O5/c17-9-13-7-11(15(18)19)14(12(8-13)16(20)21)6-10-4-2-1-3-5-10/h1-5,9,11-12H,6-8H2. The maximum atomic E-state index is 11.2. The Bertz CT molecular complexity index is 514. The lowest BCUT2D eigenvalue weighted by molar-refractivity contribution is -0.616. The first-order chi connectivity index (χ1) is 10.0. The van der Waals surface area contributed by atoms with E-state index in [1.165, 1.54) is 4.90 Å². The van der Waals surface area contributed by atoms with Gasteiger partial charge in [-0.05, 0) is 5.56 Å². The van der Waals surface area contributed by atoms with E-state index in [0.717, 1.165) is 10.5 Å². The molecule has 0 bridgehead atoms. The molecule has 1 aliphatic heterocycles. The highest BCUT2D eigenvalue weighted by molar-refractivity contribution is 5.47.